The summed E-state index contributed by atoms with van der Waals surface area (Å²) in [5.74, 6) is 0.649. The number of amides is 1. The maximum Gasteiger partial charge on any atom is 0.422 e. The van der Waals surface area contributed by atoms with Crippen LogP contribution in [0.5, 0.6) is 5.75 Å². The highest BCUT2D eigenvalue weighted by Crippen LogP contribution is 2.19. The fourth-order valence-corrected chi connectivity index (χ4v) is 2.76. The Balaban J connectivity index is 0.00000420. The number of nitrogens with one attached hydrogen (secondary N) is 2. The lowest BCUT2D eigenvalue weighted by molar-refractivity contribution is -0.153. The summed E-state index contributed by atoms with van der Waals surface area (Å²) in [5, 5.41) is 6.39. The van der Waals surface area contributed by atoms with Gasteiger partial charge in [-0.25, -0.2) is 4.99 Å². The number of carbonyl (C=O) groups excluding carboxylic acids is 1. The maximum atomic E-state index is 12.2. The van der Waals surface area contributed by atoms with Crippen LogP contribution in [0.2, 0.25) is 0 Å². The number of ether oxygens (including phenoxy) is 1. The Kier molecular flexibility index (Phi) is 10.5. The Morgan fingerprint density at radius 1 is 1.21 bits per heavy atom. The molecular formula is C19H28F3IN4O2. The summed E-state index contributed by atoms with van der Waals surface area (Å²) in [6, 6.07) is 6.66. The fourth-order valence-electron chi connectivity index (χ4n) is 2.76. The largest absolute Gasteiger partial charge is 0.484 e. The molecule has 0 bridgehead atoms. The van der Waals surface area contributed by atoms with Gasteiger partial charge in [-0.05, 0) is 30.5 Å². The van der Waals surface area contributed by atoms with Crippen molar-refractivity contribution in [1.29, 1.82) is 0 Å². The zero-order valence-corrected chi connectivity index (χ0v) is 18.9. The van der Waals surface area contributed by atoms with Crippen LogP contribution in [0, 0.1) is 0 Å². The molecule has 29 heavy (non-hydrogen) atoms. The van der Waals surface area contributed by atoms with E-state index in [0.29, 0.717) is 18.5 Å². The van der Waals surface area contributed by atoms with Crippen molar-refractivity contribution < 1.29 is 22.7 Å². The number of benzene rings is 1. The SMILES string of the molecule is CN(C)C(=O)CNC(=NCc1ccc(OCC(F)(F)F)cc1)NC1CCCC1.I. The van der Waals surface area contributed by atoms with Gasteiger partial charge in [0.1, 0.15) is 5.75 Å². The van der Waals surface area contributed by atoms with Crippen LogP contribution in [0.3, 0.4) is 0 Å². The van der Waals surface area contributed by atoms with Crippen molar-refractivity contribution in [2.24, 2.45) is 4.99 Å². The summed E-state index contributed by atoms with van der Waals surface area (Å²) in [6.07, 6.45) is 0.0997. The van der Waals surface area contributed by atoms with E-state index in [9.17, 15) is 18.0 Å². The van der Waals surface area contributed by atoms with E-state index in [1.165, 1.54) is 29.9 Å². The highest BCUT2D eigenvalue weighted by molar-refractivity contribution is 14.0. The van der Waals surface area contributed by atoms with Gasteiger partial charge < -0.3 is 20.3 Å². The van der Waals surface area contributed by atoms with Gasteiger partial charge in [-0.15, -0.1) is 24.0 Å². The van der Waals surface area contributed by atoms with Crippen LogP contribution in [0.4, 0.5) is 13.2 Å². The molecule has 0 unspecified atom stereocenters. The number of aliphatic imine (C=N–C) groups is 1. The second-order valence-electron chi connectivity index (χ2n) is 6.98. The number of likely N-dealkylation sites (N-methyl/N-ethyl adjacent to an activating group) is 1. The van der Waals surface area contributed by atoms with Crippen LogP contribution in [0.25, 0.3) is 0 Å². The lowest BCUT2D eigenvalue weighted by atomic mass is 10.2. The topological polar surface area (TPSA) is 66.0 Å². The van der Waals surface area contributed by atoms with Crippen molar-refractivity contribution in [3.05, 3.63) is 29.8 Å². The molecule has 0 heterocycles. The van der Waals surface area contributed by atoms with E-state index in [-0.39, 0.29) is 42.2 Å². The minimum absolute atomic E-state index is 0. The molecule has 1 aliphatic carbocycles. The van der Waals surface area contributed by atoms with Crippen LogP contribution in [-0.2, 0) is 11.3 Å². The van der Waals surface area contributed by atoms with Crippen molar-refractivity contribution in [1.82, 2.24) is 15.5 Å². The lowest BCUT2D eigenvalue weighted by Gasteiger charge is -2.18. The van der Waals surface area contributed by atoms with Gasteiger partial charge in [0.15, 0.2) is 12.6 Å². The van der Waals surface area contributed by atoms with Gasteiger partial charge >= 0.3 is 6.18 Å². The fraction of sp³-hybridized carbons (Fsp3) is 0.579. The number of alkyl halides is 3. The molecule has 0 aliphatic heterocycles. The predicted molar refractivity (Wildman–Crippen MR) is 117 cm³/mol. The molecule has 0 aromatic heterocycles. The molecule has 1 aromatic carbocycles. The van der Waals surface area contributed by atoms with Gasteiger partial charge in [-0.3, -0.25) is 4.79 Å². The number of carbonyl (C=O) groups is 1. The molecule has 2 N–H and O–H groups in total. The van der Waals surface area contributed by atoms with E-state index in [4.69, 9.17) is 4.74 Å². The normalized spacial score (nSPS) is 14.9. The van der Waals surface area contributed by atoms with Crippen molar-refractivity contribution in [3.8, 4) is 5.75 Å². The second kappa shape index (κ2) is 12.1. The molecule has 10 heteroatoms. The van der Waals surface area contributed by atoms with E-state index < -0.39 is 12.8 Å². The summed E-state index contributed by atoms with van der Waals surface area (Å²) < 4.78 is 41.3. The Bertz CT molecular complexity index is 660. The van der Waals surface area contributed by atoms with Gasteiger partial charge in [-0.2, -0.15) is 13.2 Å². The van der Waals surface area contributed by atoms with Crippen LogP contribution < -0.4 is 15.4 Å². The molecule has 1 fully saturated rings. The lowest BCUT2D eigenvalue weighted by Crippen LogP contribution is -2.46. The third-order valence-corrected chi connectivity index (χ3v) is 4.35. The molecule has 0 spiro atoms. The van der Waals surface area contributed by atoms with Crippen molar-refractivity contribution >= 4 is 35.8 Å². The van der Waals surface area contributed by atoms with E-state index in [0.717, 1.165) is 18.4 Å². The number of hydrogen-bond donors (Lipinski definition) is 2. The molecule has 0 saturated heterocycles. The summed E-state index contributed by atoms with van der Waals surface area (Å²) >= 11 is 0. The smallest absolute Gasteiger partial charge is 0.422 e. The molecule has 0 radical (unpaired) electrons. The number of guanidine groups is 1. The van der Waals surface area contributed by atoms with Crippen LogP contribution in [0.15, 0.2) is 29.3 Å². The molecule has 1 aromatic rings. The first kappa shape index (κ1) is 25.3. The van der Waals surface area contributed by atoms with Crippen LogP contribution in [0.1, 0.15) is 31.2 Å². The van der Waals surface area contributed by atoms with Crippen LogP contribution >= 0.6 is 24.0 Å². The van der Waals surface area contributed by atoms with Crippen molar-refractivity contribution in [3.63, 3.8) is 0 Å². The summed E-state index contributed by atoms with van der Waals surface area (Å²) in [7, 11) is 3.38. The third-order valence-electron chi connectivity index (χ3n) is 4.35. The van der Waals surface area contributed by atoms with Gasteiger partial charge in [0.2, 0.25) is 5.91 Å². The van der Waals surface area contributed by atoms with E-state index >= 15 is 0 Å². The van der Waals surface area contributed by atoms with Gasteiger partial charge in [0.05, 0.1) is 13.1 Å². The third kappa shape index (κ3) is 10.0. The standard InChI is InChI=1S/C19H27F3N4O2.HI/c1-26(2)17(27)12-24-18(25-15-5-3-4-6-15)23-11-14-7-9-16(10-8-14)28-13-19(20,21)22;/h7-10,15H,3-6,11-13H2,1-2H3,(H2,23,24,25);1H. The Labute approximate surface area is 186 Å². The molecule has 0 atom stereocenters. The number of rotatable bonds is 7. The van der Waals surface area contributed by atoms with E-state index in [1.54, 1.807) is 26.2 Å². The molecule has 1 amide bonds. The van der Waals surface area contributed by atoms with Crippen molar-refractivity contribution in [2.75, 3.05) is 27.2 Å². The first-order valence-electron chi connectivity index (χ1n) is 9.26. The minimum Gasteiger partial charge on any atom is -0.484 e. The average molecular weight is 528 g/mol. The molecule has 1 aliphatic rings. The van der Waals surface area contributed by atoms with Crippen LogP contribution in [-0.4, -0.2) is 56.2 Å². The maximum absolute atomic E-state index is 12.2. The number of nitrogens with zero attached hydrogens (tertiary/aromatic N) is 2. The Hall–Kier alpha value is -1.72. The van der Waals surface area contributed by atoms with Crippen molar-refractivity contribution in [2.45, 2.75) is 44.4 Å². The molecule has 1 saturated carbocycles. The summed E-state index contributed by atoms with van der Waals surface area (Å²) in [4.78, 5) is 17.8. The molecule has 6 nitrogen and oxygen atoms in total. The van der Waals surface area contributed by atoms with Gasteiger partial charge in [0, 0.05) is 20.1 Å². The Morgan fingerprint density at radius 3 is 2.38 bits per heavy atom. The predicted octanol–water partition coefficient (Wildman–Crippen LogP) is 3.31. The van der Waals surface area contributed by atoms with E-state index in [1.807, 2.05) is 0 Å². The van der Waals surface area contributed by atoms with Gasteiger partial charge in [-0.1, -0.05) is 25.0 Å². The molecule has 2 rings (SSSR count). The number of hydrogen-bond acceptors (Lipinski definition) is 3. The zero-order valence-electron chi connectivity index (χ0n) is 16.6. The molecular weight excluding hydrogens is 500 g/mol. The second-order valence-corrected chi connectivity index (χ2v) is 6.98. The average Bonchev–Trinajstić information content (AvgIpc) is 3.15. The minimum atomic E-state index is -4.36. The number of halogens is 4. The monoisotopic (exact) mass is 528 g/mol. The Morgan fingerprint density at radius 2 is 1.83 bits per heavy atom. The zero-order chi connectivity index (χ0) is 20.6. The highest BCUT2D eigenvalue weighted by Gasteiger charge is 2.28. The van der Waals surface area contributed by atoms with Gasteiger partial charge in [0.25, 0.3) is 0 Å². The quantitative estimate of drug-likeness (QED) is 0.324. The first-order chi connectivity index (χ1) is 13.2. The first-order valence-corrected chi connectivity index (χ1v) is 9.26. The van der Waals surface area contributed by atoms with E-state index in [2.05, 4.69) is 15.6 Å². The summed E-state index contributed by atoms with van der Waals surface area (Å²) in [5.41, 5.74) is 0.825. The highest BCUT2D eigenvalue weighted by atomic mass is 127. The molecule has 164 valence electrons. The summed E-state index contributed by atoms with van der Waals surface area (Å²) in [6.45, 7) is -0.850.